The second-order valence-corrected chi connectivity index (χ2v) is 3.29. The van der Waals surface area contributed by atoms with E-state index in [0.29, 0.717) is 0 Å². The number of rotatable bonds is 2. The Morgan fingerprint density at radius 1 is 1.31 bits per heavy atom. The van der Waals surface area contributed by atoms with Gasteiger partial charge in [-0.1, -0.05) is 0 Å². The highest BCUT2D eigenvalue weighted by atomic mass is 19.1. The number of aromatic nitrogens is 1. The lowest BCUT2D eigenvalue weighted by Gasteiger charge is -2.03. The molecular formula is C11H8F2N2O. The second-order valence-electron chi connectivity index (χ2n) is 3.29. The summed E-state index contributed by atoms with van der Waals surface area (Å²) >= 11 is 0. The molecule has 1 aromatic carbocycles. The Labute approximate surface area is 89.9 Å². The lowest BCUT2D eigenvalue weighted by molar-refractivity contribution is 0.103. The van der Waals surface area contributed by atoms with Gasteiger partial charge in [0, 0.05) is 18.0 Å². The molecule has 0 atom stereocenters. The highest BCUT2D eigenvalue weighted by Crippen LogP contribution is 2.20. The van der Waals surface area contributed by atoms with Crippen molar-refractivity contribution in [1.29, 1.82) is 0 Å². The van der Waals surface area contributed by atoms with E-state index in [1.807, 2.05) is 0 Å². The Kier molecular flexibility index (Phi) is 2.44. The van der Waals surface area contributed by atoms with Crippen LogP contribution in [0.2, 0.25) is 0 Å². The van der Waals surface area contributed by atoms with Crippen LogP contribution in [0.4, 0.5) is 14.5 Å². The van der Waals surface area contributed by atoms with Gasteiger partial charge in [0.1, 0.15) is 5.82 Å². The molecule has 0 amide bonds. The number of anilines is 1. The predicted octanol–water partition coefficient (Wildman–Crippen LogP) is 2.11. The molecule has 0 spiro atoms. The van der Waals surface area contributed by atoms with Crippen molar-refractivity contribution in [3.05, 3.63) is 53.4 Å². The molecule has 0 radical (unpaired) electrons. The van der Waals surface area contributed by atoms with Crippen molar-refractivity contribution in [3.8, 4) is 0 Å². The third-order valence-electron chi connectivity index (χ3n) is 2.17. The Morgan fingerprint density at radius 2 is 2.06 bits per heavy atom. The van der Waals surface area contributed by atoms with E-state index in [-0.39, 0.29) is 16.8 Å². The van der Waals surface area contributed by atoms with Crippen molar-refractivity contribution in [3.63, 3.8) is 0 Å². The number of ketones is 1. The van der Waals surface area contributed by atoms with Crippen molar-refractivity contribution in [2.24, 2.45) is 0 Å². The van der Waals surface area contributed by atoms with Gasteiger partial charge in [0.05, 0.1) is 11.3 Å². The number of carbonyl (C=O) groups is 1. The second kappa shape index (κ2) is 3.77. The van der Waals surface area contributed by atoms with E-state index in [4.69, 9.17) is 5.73 Å². The molecule has 82 valence electrons. The highest BCUT2D eigenvalue weighted by molar-refractivity contribution is 6.09. The molecule has 0 saturated carbocycles. The van der Waals surface area contributed by atoms with Crippen LogP contribution in [-0.4, -0.2) is 10.8 Å². The number of nitrogen functional groups attached to an aromatic ring is 1. The van der Waals surface area contributed by atoms with E-state index in [1.54, 1.807) is 0 Å². The molecule has 0 bridgehead atoms. The van der Waals surface area contributed by atoms with Crippen molar-refractivity contribution < 1.29 is 13.6 Å². The largest absolute Gasteiger partial charge is 0.396 e. The minimum atomic E-state index is -0.896. The van der Waals surface area contributed by atoms with Crippen molar-refractivity contribution in [2.75, 3.05) is 5.73 Å². The standard InChI is InChI=1S/C11H8F2N2O/c12-7-3-8(10(13)9(14)4-7)11(16)6-1-2-15-5-6/h1-5,15H,14H2. The molecular weight excluding hydrogens is 214 g/mol. The Hall–Kier alpha value is -2.17. The van der Waals surface area contributed by atoms with Gasteiger partial charge in [0.2, 0.25) is 0 Å². The van der Waals surface area contributed by atoms with Crippen LogP contribution in [0, 0.1) is 11.6 Å². The zero-order valence-electron chi connectivity index (χ0n) is 8.13. The molecule has 2 aromatic rings. The highest BCUT2D eigenvalue weighted by Gasteiger charge is 2.17. The van der Waals surface area contributed by atoms with E-state index in [1.165, 1.54) is 18.5 Å². The maximum atomic E-state index is 13.5. The van der Waals surface area contributed by atoms with Crippen molar-refractivity contribution in [2.45, 2.75) is 0 Å². The van der Waals surface area contributed by atoms with Crippen LogP contribution in [0.5, 0.6) is 0 Å². The summed E-state index contributed by atoms with van der Waals surface area (Å²) in [6.45, 7) is 0. The number of carbonyl (C=O) groups excluding carboxylic acids is 1. The van der Waals surface area contributed by atoms with E-state index in [9.17, 15) is 13.6 Å². The number of halogens is 2. The first-order valence-corrected chi connectivity index (χ1v) is 4.51. The molecule has 0 aliphatic carbocycles. The molecule has 16 heavy (non-hydrogen) atoms. The van der Waals surface area contributed by atoms with E-state index < -0.39 is 17.4 Å². The average molecular weight is 222 g/mol. The third-order valence-corrected chi connectivity index (χ3v) is 2.17. The summed E-state index contributed by atoms with van der Waals surface area (Å²) in [5.74, 6) is -2.24. The van der Waals surface area contributed by atoms with E-state index >= 15 is 0 Å². The zero-order valence-corrected chi connectivity index (χ0v) is 8.13. The quantitative estimate of drug-likeness (QED) is 0.603. The molecule has 0 saturated heterocycles. The van der Waals surface area contributed by atoms with Crippen LogP contribution in [-0.2, 0) is 0 Å². The van der Waals surface area contributed by atoms with Gasteiger partial charge < -0.3 is 10.7 Å². The summed E-state index contributed by atoms with van der Waals surface area (Å²) in [5.41, 5.74) is 4.75. The number of aromatic amines is 1. The van der Waals surface area contributed by atoms with Gasteiger partial charge in [-0.2, -0.15) is 0 Å². The Balaban J connectivity index is 2.52. The van der Waals surface area contributed by atoms with Crippen LogP contribution < -0.4 is 5.73 Å². The van der Waals surface area contributed by atoms with Gasteiger partial charge in [0.15, 0.2) is 11.6 Å². The Morgan fingerprint density at radius 3 is 2.69 bits per heavy atom. The maximum Gasteiger partial charge on any atom is 0.197 e. The van der Waals surface area contributed by atoms with Gasteiger partial charge in [-0.3, -0.25) is 4.79 Å². The Bertz CT molecular complexity index is 535. The first-order chi connectivity index (χ1) is 7.59. The SMILES string of the molecule is Nc1cc(F)cc(C(=O)c2cc[nH]c2)c1F. The fourth-order valence-corrected chi connectivity index (χ4v) is 1.40. The number of hydrogen-bond acceptors (Lipinski definition) is 2. The normalized spacial score (nSPS) is 10.4. The molecule has 0 aliphatic rings. The van der Waals surface area contributed by atoms with Gasteiger partial charge in [-0.15, -0.1) is 0 Å². The van der Waals surface area contributed by atoms with Crippen LogP contribution in [0.25, 0.3) is 0 Å². The third kappa shape index (κ3) is 1.67. The summed E-state index contributed by atoms with van der Waals surface area (Å²) in [5, 5.41) is 0. The number of benzene rings is 1. The van der Waals surface area contributed by atoms with Gasteiger partial charge in [0.25, 0.3) is 0 Å². The average Bonchev–Trinajstić information content (AvgIpc) is 2.75. The molecule has 5 heteroatoms. The molecule has 3 nitrogen and oxygen atoms in total. The molecule has 2 rings (SSSR count). The molecule has 0 unspecified atom stereocenters. The summed E-state index contributed by atoms with van der Waals surface area (Å²) in [4.78, 5) is 14.4. The molecule has 3 N–H and O–H groups in total. The number of nitrogens with one attached hydrogen (secondary N) is 1. The van der Waals surface area contributed by atoms with Gasteiger partial charge in [-0.25, -0.2) is 8.78 Å². The number of hydrogen-bond donors (Lipinski definition) is 2. The topological polar surface area (TPSA) is 58.9 Å². The fourth-order valence-electron chi connectivity index (χ4n) is 1.40. The summed E-state index contributed by atoms with van der Waals surface area (Å²) < 4.78 is 26.5. The van der Waals surface area contributed by atoms with E-state index in [0.717, 1.165) is 12.1 Å². The number of H-pyrrole nitrogens is 1. The lowest BCUT2D eigenvalue weighted by atomic mass is 10.0. The van der Waals surface area contributed by atoms with E-state index in [2.05, 4.69) is 4.98 Å². The minimum absolute atomic E-state index is 0.254. The first-order valence-electron chi connectivity index (χ1n) is 4.51. The monoisotopic (exact) mass is 222 g/mol. The van der Waals surface area contributed by atoms with Crippen LogP contribution in [0.3, 0.4) is 0 Å². The van der Waals surface area contributed by atoms with Crippen molar-refractivity contribution in [1.82, 2.24) is 4.98 Å². The van der Waals surface area contributed by atoms with Crippen LogP contribution in [0.15, 0.2) is 30.6 Å². The molecule has 0 fully saturated rings. The van der Waals surface area contributed by atoms with Gasteiger partial charge >= 0.3 is 0 Å². The van der Waals surface area contributed by atoms with Gasteiger partial charge in [-0.05, 0) is 18.2 Å². The summed E-state index contributed by atoms with van der Waals surface area (Å²) in [6, 6.07) is 3.15. The van der Waals surface area contributed by atoms with Crippen molar-refractivity contribution >= 4 is 11.5 Å². The lowest BCUT2D eigenvalue weighted by Crippen LogP contribution is -2.06. The number of nitrogens with two attached hydrogens (primary N) is 1. The molecule has 1 heterocycles. The van der Waals surface area contributed by atoms with Crippen LogP contribution in [0.1, 0.15) is 15.9 Å². The maximum absolute atomic E-state index is 13.5. The first kappa shape index (κ1) is 10.4. The van der Waals surface area contributed by atoms with Crippen LogP contribution >= 0.6 is 0 Å². The molecule has 0 aliphatic heterocycles. The fraction of sp³-hybridized carbons (Fsp3) is 0. The molecule has 1 aromatic heterocycles. The zero-order chi connectivity index (χ0) is 11.7. The summed E-state index contributed by atoms with van der Waals surface area (Å²) in [6.07, 6.45) is 2.93. The smallest absolute Gasteiger partial charge is 0.197 e. The minimum Gasteiger partial charge on any atom is -0.396 e. The predicted molar refractivity (Wildman–Crippen MR) is 55.0 cm³/mol. The summed E-state index contributed by atoms with van der Waals surface area (Å²) in [7, 11) is 0.